The summed E-state index contributed by atoms with van der Waals surface area (Å²) in [6, 6.07) is 7.80. The van der Waals surface area contributed by atoms with E-state index >= 15 is 0 Å². The molecule has 7 nitrogen and oxygen atoms in total. The van der Waals surface area contributed by atoms with Crippen molar-refractivity contribution in [3.63, 3.8) is 0 Å². The van der Waals surface area contributed by atoms with Gasteiger partial charge in [-0.15, -0.1) is 0 Å². The van der Waals surface area contributed by atoms with Gasteiger partial charge in [-0.1, -0.05) is 12.1 Å². The molecule has 0 aliphatic carbocycles. The maximum Gasteiger partial charge on any atom is 0.325 e. The molecule has 1 saturated heterocycles. The molecule has 1 aromatic rings. The minimum absolute atomic E-state index is 0.0341. The second kappa shape index (κ2) is 7.16. The van der Waals surface area contributed by atoms with Crippen molar-refractivity contribution in [1.82, 2.24) is 15.1 Å². The van der Waals surface area contributed by atoms with Gasteiger partial charge in [0, 0.05) is 12.1 Å². The van der Waals surface area contributed by atoms with E-state index in [1.54, 1.807) is 36.1 Å². The summed E-state index contributed by atoms with van der Waals surface area (Å²) in [5.41, 5.74) is -0.230. The maximum atomic E-state index is 12.9. The zero-order valence-electron chi connectivity index (χ0n) is 15.7. The quantitative estimate of drug-likeness (QED) is 0.816. The minimum Gasteiger partial charge on any atom is -0.336 e. The van der Waals surface area contributed by atoms with Crippen molar-refractivity contribution >= 4 is 17.8 Å². The molecule has 1 aromatic carbocycles. The van der Waals surface area contributed by atoms with Gasteiger partial charge in [0.1, 0.15) is 12.1 Å². The monoisotopic (exact) mass is 356 g/mol. The van der Waals surface area contributed by atoms with Crippen LogP contribution in [0.5, 0.6) is 0 Å². The van der Waals surface area contributed by atoms with Crippen LogP contribution in [0.15, 0.2) is 24.3 Å². The zero-order chi connectivity index (χ0) is 19.6. The summed E-state index contributed by atoms with van der Waals surface area (Å²) >= 11 is 0. The summed E-state index contributed by atoms with van der Waals surface area (Å²) < 4.78 is 0. The number of carbonyl (C=O) groups excluding carboxylic acids is 3. The highest BCUT2D eigenvalue weighted by Crippen LogP contribution is 2.29. The van der Waals surface area contributed by atoms with Crippen molar-refractivity contribution in [2.24, 2.45) is 0 Å². The molecular formula is C19H24N4O3. The number of hydrogen-bond acceptors (Lipinski definition) is 4. The number of carbonyl (C=O) groups is 3. The topological polar surface area (TPSA) is 93.5 Å². The van der Waals surface area contributed by atoms with E-state index in [1.165, 1.54) is 0 Å². The average molecular weight is 356 g/mol. The Balaban J connectivity index is 2.25. The lowest BCUT2D eigenvalue weighted by molar-refractivity contribution is -0.141. The van der Waals surface area contributed by atoms with Gasteiger partial charge in [-0.25, -0.2) is 4.79 Å². The first kappa shape index (κ1) is 19.4. The third-order valence-corrected chi connectivity index (χ3v) is 4.56. The predicted octanol–water partition coefficient (Wildman–Crippen LogP) is 1.97. The molecule has 1 atom stereocenters. The minimum atomic E-state index is -1.26. The fourth-order valence-electron chi connectivity index (χ4n) is 3.30. The van der Waals surface area contributed by atoms with Gasteiger partial charge in [0.15, 0.2) is 0 Å². The van der Waals surface area contributed by atoms with Gasteiger partial charge >= 0.3 is 6.03 Å². The maximum absolute atomic E-state index is 12.9. The average Bonchev–Trinajstić information content (AvgIpc) is 2.78. The van der Waals surface area contributed by atoms with Crippen molar-refractivity contribution < 1.29 is 14.4 Å². The molecular weight excluding hydrogens is 332 g/mol. The van der Waals surface area contributed by atoms with Gasteiger partial charge < -0.3 is 10.2 Å². The third kappa shape index (κ3) is 3.40. The first-order chi connectivity index (χ1) is 12.1. The molecule has 1 N–H and O–H groups in total. The summed E-state index contributed by atoms with van der Waals surface area (Å²) in [6.07, 6.45) is 0. The van der Waals surface area contributed by atoms with Gasteiger partial charge in [0.25, 0.3) is 5.91 Å². The first-order valence-corrected chi connectivity index (χ1v) is 8.57. The smallest absolute Gasteiger partial charge is 0.325 e. The van der Waals surface area contributed by atoms with E-state index in [2.05, 4.69) is 5.32 Å². The molecule has 138 valence electrons. The number of urea groups is 1. The molecule has 0 bridgehead atoms. The molecule has 1 fully saturated rings. The lowest BCUT2D eigenvalue weighted by Crippen LogP contribution is -2.49. The fraction of sp³-hybridized carbons (Fsp3) is 0.474. The molecule has 1 heterocycles. The second-order valence-corrected chi connectivity index (χ2v) is 7.12. The van der Waals surface area contributed by atoms with E-state index in [0.717, 1.165) is 4.90 Å². The largest absolute Gasteiger partial charge is 0.336 e. The zero-order valence-corrected chi connectivity index (χ0v) is 15.7. The highest BCUT2D eigenvalue weighted by Gasteiger charge is 2.49. The second-order valence-electron chi connectivity index (χ2n) is 7.12. The van der Waals surface area contributed by atoms with Crippen LogP contribution in [0.4, 0.5) is 4.79 Å². The molecule has 7 heteroatoms. The van der Waals surface area contributed by atoms with Crippen LogP contribution in [-0.4, -0.2) is 46.3 Å². The molecule has 4 amide bonds. The Kier molecular flexibility index (Phi) is 5.36. The van der Waals surface area contributed by atoms with Crippen molar-refractivity contribution in [3.8, 4) is 6.07 Å². The Morgan fingerprint density at radius 3 is 2.19 bits per heavy atom. The van der Waals surface area contributed by atoms with Gasteiger partial charge in [-0.3, -0.25) is 14.5 Å². The summed E-state index contributed by atoms with van der Waals surface area (Å²) in [5.74, 6) is -0.754. The first-order valence-electron chi connectivity index (χ1n) is 8.57. The van der Waals surface area contributed by atoms with Crippen molar-refractivity contribution in [2.45, 2.75) is 52.2 Å². The Labute approximate surface area is 153 Å². The third-order valence-electron chi connectivity index (χ3n) is 4.56. The van der Waals surface area contributed by atoms with Gasteiger partial charge in [0.2, 0.25) is 5.91 Å². The van der Waals surface area contributed by atoms with Crippen LogP contribution in [0, 0.1) is 11.3 Å². The fourth-order valence-corrected chi connectivity index (χ4v) is 3.30. The predicted molar refractivity (Wildman–Crippen MR) is 95.9 cm³/mol. The number of nitrogens with one attached hydrogen (secondary N) is 1. The number of nitrogens with zero attached hydrogens (tertiary/aromatic N) is 3. The van der Waals surface area contributed by atoms with E-state index in [9.17, 15) is 14.4 Å². The highest BCUT2D eigenvalue weighted by molar-refractivity contribution is 6.09. The summed E-state index contributed by atoms with van der Waals surface area (Å²) in [6.45, 7) is 8.87. The molecule has 26 heavy (non-hydrogen) atoms. The van der Waals surface area contributed by atoms with E-state index in [4.69, 9.17) is 5.26 Å². The highest BCUT2D eigenvalue weighted by atomic mass is 16.2. The van der Waals surface area contributed by atoms with Crippen LogP contribution in [-0.2, 0) is 15.1 Å². The molecule has 0 saturated carbocycles. The molecule has 0 radical (unpaired) electrons. The van der Waals surface area contributed by atoms with E-state index in [-0.39, 0.29) is 24.5 Å². The van der Waals surface area contributed by atoms with Crippen LogP contribution in [0.2, 0.25) is 0 Å². The molecule has 1 aliphatic rings. The van der Waals surface area contributed by atoms with Crippen LogP contribution in [0.3, 0.4) is 0 Å². The Morgan fingerprint density at radius 2 is 1.73 bits per heavy atom. The number of nitriles is 1. The molecule has 0 spiro atoms. The lowest BCUT2D eigenvalue weighted by Gasteiger charge is -2.32. The Bertz CT molecular complexity index is 756. The van der Waals surface area contributed by atoms with Gasteiger partial charge in [-0.05, 0) is 52.3 Å². The van der Waals surface area contributed by atoms with Crippen molar-refractivity contribution in [3.05, 3.63) is 35.4 Å². The summed E-state index contributed by atoms with van der Waals surface area (Å²) in [7, 11) is 0. The van der Waals surface area contributed by atoms with Crippen LogP contribution in [0.1, 0.15) is 45.7 Å². The number of hydrogen-bond donors (Lipinski definition) is 1. The van der Waals surface area contributed by atoms with Crippen LogP contribution < -0.4 is 5.32 Å². The van der Waals surface area contributed by atoms with Crippen LogP contribution >= 0.6 is 0 Å². The Morgan fingerprint density at radius 1 is 1.19 bits per heavy atom. The molecule has 1 unspecified atom stereocenters. The van der Waals surface area contributed by atoms with E-state index < -0.39 is 17.5 Å². The number of rotatable bonds is 5. The van der Waals surface area contributed by atoms with Crippen molar-refractivity contribution in [1.29, 1.82) is 5.26 Å². The van der Waals surface area contributed by atoms with Crippen molar-refractivity contribution in [2.75, 3.05) is 6.54 Å². The number of benzene rings is 1. The number of imide groups is 1. The molecule has 1 aliphatic heterocycles. The van der Waals surface area contributed by atoms with E-state index in [0.29, 0.717) is 11.1 Å². The summed E-state index contributed by atoms with van der Waals surface area (Å²) in [4.78, 5) is 40.5. The summed E-state index contributed by atoms with van der Waals surface area (Å²) in [5, 5.41) is 11.6. The SMILES string of the molecule is CC(C)N(C(=O)CN1C(=O)NC(C)(c2ccc(C#N)cc2)C1=O)C(C)C. The normalized spacial score (nSPS) is 19.7. The van der Waals surface area contributed by atoms with Gasteiger partial charge in [-0.2, -0.15) is 5.26 Å². The van der Waals surface area contributed by atoms with Gasteiger partial charge in [0.05, 0.1) is 11.6 Å². The van der Waals surface area contributed by atoms with E-state index in [1.807, 2.05) is 33.8 Å². The number of amides is 4. The standard InChI is InChI=1S/C19H24N4O3/c1-12(2)23(13(3)4)16(24)11-22-17(25)19(5,21-18(22)26)15-8-6-14(10-20)7-9-15/h6-9,12-13H,11H2,1-5H3,(H,21,26). The Hall–Kier alpha value is -2.88. The molecule has 0 aromatic heterocycles. The van der Waals surface area contributed by atoms with Crippen LogP contribution in [0.25, 0.3) is 0 Å². The lowest BCUT2D eigenvalue weighted by atomic mass is 9.91. The molecule has 2 rings (SSSR count).